The van der Waals surface area contributed by atoms with E-state index in [1.807, 2.05) is 60.7 Å². The van der Waals surface area contributed by atoms with Gasteiger partial charge >= 0.3 is 0 Å². The molecule has 2 aliphatic heterocycles. The van der Waals surface area contributed by atoms with E-state index in [9.17, 15) is 9.59 Å². The molecular formula is C28H15NO4. The number of hydrogen-bond donors (Lipinski definition) is 0. The number of ether oxygens (including phenoxy) is 2. The highest BCUT2D eigenvalue weighted by Gasteiger charge is 2.36. The second-order valence-corrected chi connectivity index (χ2v) is 8.10. The average molecular weight is 429 g/mol. The number of nitrogens with zero attached hydrogens (tertiary/aromatic N) is 1. The van der Waals surface area contributed by atoms with Crippen LogP contribution in [0.25, 0.3) is 6.08 Å². The molecule has 3 aliphatic rings. The zero-order valence-electron chi connectivity index (χ0n) is 17.2. The van der Waals surface area contributed by atoms with Crippen molar-refractivity contribution < 1.29 is 19.1 Å². The number of anilines is 3. The number of hydrogen-bond acceptors (Lipinski definition) is 5. The highest BCUT2D eigenvalue weighted by atomic mass is 16.5. The molecule has 4 aromatic rings. The van der Waals surface area contributed by atoms with E-state index in [1.165, 1.54) is 0 Å². The van der Waals surface area contributed by atoms with Crippen molar-refractivity contribution in [2.75, 3.05) is 4.90 Å². The van der Waals surface area contributed by atoms with Gasteiger partial charge in [-0.05, 0) is 48.0 Å². The smallest absolute Gasteiger partial charge is 0.197 e. The van der Waals surface area contributed by atoms with Crippen molar-refractivity contribution in [2.24, 2.45) is 0 Å². The van der Waals surface area contributed by atoms with Gasteiger partial charge in [0.1, 0.15) is 5.69 Å². The summed E-state index contributed by atoms with van der Waals surface area (Å²) in [4.78, 5) is 27.9. The number of carbonyl (C=O) groups excluding carboxylic acids is 2. The minimum absolute atomic E-state index is 0.146. The van der Waals surface area contributed by atoms with Gasteiger partial charge in [-0.25, -0.2) is 0 Å². The van der Waals surface area contributed by atoms with Crippen LogP contribution in [0.4, 0.5) is 17.1 Å². The summed E-state index contributed by atoms with van der Waals surface area (Å²) in [6.07, 6.45) is 1.62. The second-order valence-electron chi connectivity index (χ2n) is 8.10. The fraction of sp³-hybridized carbons (Fsp3) is 0. The molecular weight excluding hydrogens is 414 g/mol. The Morgan fingerprint density at radius 1 is 0.606 bits per heavy atom. The van der Waals surface area contributed by atoms with E-state index in [2.05, 4.69) is 4.90 Å². The quantitative estimate of drug-likeness (QED) is 0.212. The van der Waals surface area contributed by atoms with Gasteiger partial charge in [0.2, 0.25) is 0 Å². The molecule has 1 aliphatic carbocycles. The van der Waals surface area contributed by atoms with Crippen molar-refractivity contribution >= 4 is 34.7 Å². The highest BCUT2D eigenvalue weighted by Crippen LogP contribution is 2.59. The van der Waals surface area contributed by atoms with Crippen LogP contribution in [0.2, 0.25) is 0 Å². The normalized spacial score (nSPS) is 14.5. The van der Waals surface area contributed by atoms with Crippen LogP contribution in [0.5, 0.6) is 23.0 Å². The Labute approximate surface area is 189 Å². The van der Waals surface area contributed by atoms with E-state index in [-0.39, 0.29) is 17.1 Å². The Kier molecular flexibility index (Phi) is 3.51. The third-order valence-corrected chi connectivity index (χ3v) is 6.15. The van der Waals surface area contributed by atoms with Crippen LogP contribution in [-0.2, 0) is 0 Å². The van der Waals surface area contributed by atoms with Gasteiger partial charge in [-0.1, -0.05) is 48.5 Å². The number of allylic oxidation sites excluding steroid dienone is 1. The monoisotopic (exact) mass is 429 g/mol. The predicted molar refractivity (Wildman–Crippen MR) is 124 cm³/mol. The zero-order chi connectivity index (χ0) is 22.1. The molecule has 4 aromatic carbocycles. The van der Waals surface area contributed by atoms with E-state index in [0.717, 1.165) is 28.6 Å². The van der Waals surface area contributed by atoms with Crippen LogP contribution in [-0.4, -0.2) is 11.6 Å². The Morgan fingerprint density at radius 3 is 1.64 bits per heavy atom. The molecule has 33 heavy (non-hydrogen) atoms. The first-order valence-electron chi connectivity index (χ1n) is 10.6. The predicted octanol–water partition coefficient (Wildman–Crippen LogP) is 6.83. The minimum Gasteiger partial charge on any atom is -0.453 e. The van der Waals surface area contributed by atoms with Crippen LogP contribution in [0, 0.1) is 0 Å². The van der Waals surface area contributed by atoms with Gasteiger partial charge in [0.15, 0.2) is 34.6 Å². The number of fused-ring (bicyclic) bond motifs is 5. The number of rotatable bonds is 1. The molecule has 5 nitrogen and oxygen atoms in total. The lowest BCUT2D eigenvalue weighted by atomic mass is 10.0. The molecule has 0 aromatic heterocycles. The summed E-state index contributed by atoms with van der Waals surface area (Å²) < 4.78 is 12.5. The molecule has 0 saturated carbocycles. The van der Waals surface area contributed by atoms with Crippen LogP contribution < -0.4 is 14.4 Å². The molecule has 0 fully saturated rings. The van der Waals surface area contributed by atoms with Crippen molar-refractivity contribution in [1.29, 1.82) is 0 Å². The molecule has 2 heterocycles. The van der Waals surface area contributed by atoms with E-state index in [0.29, 0.717) is 28.2 Å². The maximum absolute atomic E-state index is 12.9. The molecule has 156 valence electrons. The summed E-state index contributed by atoms with van der Waals surface area (Å²) in [6.45, 7) is 0. The van der Waals surface area contributed by atoms with Gasteiger partial charge in [-0.3, -0.25) is 14.5 Å². The zero-order valence-corrected chi connectivity index (χ0v) is 17.2. The van der Waals surface area contributed by atoms with E-state index in [1.54, 1.807) is 30.3 Å². The van der Waals surface area contributed by atoms with Gasteiger partial charge in [-0.2, -0.15) is 0 Å². The lowest BCUT2D eigenvalue weighted by Crippen LogP contribution is -2.20. The van der Waals surface area contributed by atoms with Crippen LogP contribution >= 0.6 is 0 Å². The molecule has 0 bridgehead atoms. The topological polar surface area (TPSA) is 55.8 Å². The molecule has 0 saturated heterocycles. The number of Topliss-reactive ketones (excluding diaryl/α,β-unsaturated/α-hetero) is 2. The van der Waals surface area contributed by atoms with E-state index >= 15 is 0 Å². The average Bonchev–Trinajstić information content (AvgIpc) is 3.08. The molecule has 0 spiro atoms. The summed E-state index contributed by atoms with van der Waals surface area (Å²) in [5.74, 6) is 2.11. The number of benzene rings is 4. The molecule has 0 radical (unpaired) electrons. The van der Waals surface area contributed by atoms with Crippen molar-refractivity contribution in [2.45, 2.75) is 0 Å². The lowest BCUT2D eigenvalue weighted by molar-refractivity contribution is 0.0990. The van der Waals surface area contributed by atoms with Crippen molar-refractivity contribution in [3.8, 4) is 23.0 Å². The van der Waals surface area contributed by atoms with Crippen LogP contribution in [0.15, 0.2) is 90.5 Å². The largest absolute Gasteiger partial charge is 0.453 e. The maximum atomic E-state index is 12.9. The van der Waals surface area contributed by atoms with Crippen LogP contribution in [0.3, 0.4) is 0 Å². The first-order chi connectivity index (χ1) is 16.2. The summed E-state index contributed by atoms with van der Waals surface area (Å²) in [5, 5.41) is 0. The lowest BCUT2D eigenvalue weighted by Gasteiger charge is -2.37. The van der Waals surface area contributed by atoms with Gasteiger partial charge in [0.25, 0.3) is 0 Å². The fourth-order valence-corrected chi connectivity index (χ4v) is 4.70. The number of carbonyl (C=O) groups is 2. The van der Waals surface area contributed by atoms with Gasteiger partial charge < -0.3 is 9.47 Å². The summed E-state index contributed by atoms with van der Waals surface area (Å²) >= 11 is 0. The van der Waals surface area contributed by atoms with Gasteiger partial charge in [0, 0.05) is 11.1 Å². The third kappa shape index (κ3) is 2.47. The van der Waals surface area contributed by atoms with Gasteiger partial charge in [-0.15, -0.1) is 0 Å². The van der Waals surface area contributed by atoms with E-state index < -0.39 is 0 Å². The maximum Gasteiger partial charge on any atom is 0.197 e. The van der Waals surface area contributed by atoms with E-state index in [4.69, 9.17) is 9.47 Å². The number of para-hydroxylation sites is 4. The Bertz CT molecular complexity index is 1460. The fourth-order valence-electron chi connectivity index (χ4n) is 4.70. The Hall–Kier alpha value is -4.64. The summed E-state index contributed by atoms with van der Waals surface area (Å²) in [7, 11) is 0. The Balaban J connectivity index is 1.41. The van der Waals surface area contributed by atoms with Crippen molar-refractivity contribution in [1.82, 2.24) is 0 Å². The first-order valence-corrected chi connectivity index (χ1v) is 10.6. The minimum atomic E-state index is -0.263. The molecule has 7 rings (SSSR count). The highest BCUT2D eigenvalue weighted by molar-refractivity contribution is 6.41. The molecule has 0 unspecified atom stereocenters. The first kappa shape index (κ1) is 18.0. The molecule has 0 N–H and O–H groups in total. The third-order valence-electron chi connectivity index (χ3n) is 6.15. The molecule has 5 heteroatoms. The SMILES string of the molecule is O=C1C(=Cc2cc3c4c(c2)Oc2ccccc2N4c2ccccc2O3)C(=O)c2ccccc21. The van der Waals surface area contributed by atoms with Crippen molar-refractivity contribution in [3.63, 3.8) is 0 Å². The Morgan fingerprint density at radius 2 is 1.09 bits per heavy atom. The van der Waals surface area contributed by atoms with Gasteiger partial charge in [0.05, 0.1) is 16.9 Å². The molecule has 0 amide bonds. The summed E-state index contributed by atoms with van der Waals surface area (Å²) in [6, 6.07) is 26.2. The number of ketones is 2. The van der Waals surface area contributed by atoms with Crippen molar-refractivity contribution in [3.05, 3.63) is 107 Å². The summed E-state index contributed by atoms with van der Waals surface area (Å²) in [5.41, 5.74) is 4.32. The standard InChI is InChI=1S/C28H15NO4/c30-27-17-7-1-2-8-18(17)28(31)19(27)13-16-14-24-26-25(15-16)33-23-12-6-4-10-21(23)29(26)20-9-3-5-11-22(20)32-24/h1-15H. The van der Waals surface area contributed by atoms with Crippen LogP contribution in [0.1, 0.15) is 26.3 Å². The molecule has 0 atom stereocenters. The second kappa shape index (κ2) is 6.43.